The fourth-order valence-corrected chi connectivity index (χ4v) is 2.43. The Morgan fingerprint density at radius 2 is 1.92 bits per heavy atom. The molecule has 2 aromatic rings. The second-order valence-corrected chi connectivity index (χ2v) is 5.41. The van der Waals surface area contributed by atoms with Gasteiger partial charge in [0.05, 0.1) is 17.7 Å². The van der Waals surface area contributed by atoms with Gasteiger partial charge in [-0.2, -0.15) is 0 Å². The van der Waals surface area contributed by atoms with E-state index in [4.69, 9.17) is 27.9 Å². The predicted octanol–water partition coefficient (Wildman–Crippen LogP) is 4.56. The number of hydrogen-bond acceptors (Lipinski definition) is 4. The Bertz CT molecular complexity index is 801. The summed E-state index contributed by atoms with van der Waals surface area (Å²) in [5.74, 6) is -0.206. The zero-order valence-electron chi connectivity index (χ0n) is 12.5. The van der Waals surface area contributed by atoms with Gasteiger partial charge in [0.15, 0.2) is 0 Å². The van der Waals surface area contributed by atoms with Gasteiger partial charge in [-0.25, -0.2) is 0 Å². The van der Waals surface area contributed by atoms with Gasteiger partial charge in [-0.15, -0.1) is 0 Å². The maximum absolute atomic E-state index is 12.0. The topological polar surface area (TPSA) is 81.5 Å². The Morgan fingerprint density at radius 1 is 1.25 bits per heavy atom. The lowest BCUT2D eigenvalue weighted by Gasteiger charge is -2.08. The van der Waals surface area contributed by atoms with E-state index in [-0.39, 0.29) is 11.4 Å². The molecular formula is C16H12Cl2N2O4. The van der Waals surface area contributed by atoms with Gasteiger partial charge in [0, 0.05) is 33.8 Å². The van der Waals surface area contributed by atoms with E-state index in [1.165, 1.54) is 37.5 Å². The van der Waals surface area contributed by atoms with Crippen molar-refractivity contribution in [2.45, 2.75) is 0 Å². The molecule has 0 heterocycles. The summed E-state index contributed by atoms with van der Waals surface area (Å²) in [7, 11) is 1.40. The van der Waals surface area contributed by atoms with Crippen molar-refractivity contribution in [2.24, 2.45) is 0 Å². The molecule has 0 unspecified atom stereocenters. The maximum atomic E-state index is 12.0. The summed E-state index contributed by atoms with van der Waals surface area (Å²) in [5, 5.41) is 14.2. The Morgan fingerprint density at radius 3 is 2.50 bits per heavy atom. The lowest BCUT2D eigenvalue weighted by molar-refractivity contribution is -0.384. The minimum atomic E-state index is -0.561. The molecule has 0 aliphatic carbocycles. The fraction of sp³-hybridized carbons (Fsp3) is 0.0625. The number of methoxy groups -OCH3 is 1. The highest BCUT2D eigenvalue weighted by molar-refractivity contribution is 6.37. The van der Waals surface area contributed by atoms with Gasteiger partial charge in [0.2, 0.25) is 5.91 Å². The third kappa shape index (κ3) is 4.24. The smallest absolute Gasteiger partial charge is 0.271 e. The summed E-state index contributed by atoms with van der Waals surface area (Å²) in [6.45, 7) is 0. The third-order valence-corrected chi connectivity index (χ3v) is 3.71. The lowest BCUT2D eigenvalue weighted by atomic mass is 10.2. The average molecular weight is 367 g/mol. The van der Waals surface area contributed by atoms with E-state index in [9.17, 15) is 14.9 Å². The minimum Gasteiger partial charge on any atom is -0.495 e. The van der Waals surface area contributed by atoms with Crippen LogP contribution in [0.4, 0.5) is 11.4 Å². The molecule has 0 atom stereocenters. The Balaban J connectivity index is 2.22. The second kappa shape index (κ2) is 7.81. The highest BCUT2D eigenvalue weighted by atomic mass is 35.5. The molecule has 2 aromatic carbocycles. The van der Waals surface area contributed by atoms with E-state index in [1.807, 2.05) is 0 Å². The summed E-state index contributed by atoms with van der Waals surface area (Å²) in [6.07, 6.45) is 2.69. The van der Waals surface area contributed by atoms with E-state index in [0.717, 1.165) is 0 Å². The molecule has 8 heteroatoms. The third-order valence-electron chi connectivity index (χ3n) is 3.05. The van der Waals surface area contributed by atoms with Crippen molar-refractivity contribution in [1.29, 1.82) is 0 Å². The van der Waals surface area contributed by atoms with Crippen molar-refractivity contribution in [2.75, 3.05) is 12.4 Å². The van der Waals surface area contributed by atoms with Crippen LogP contribution in [0.3, 0.4) is 0 Å². The number of nitrogens with one attached hydrogen (secondary N) is 1. The van der Waals surface area contributed by atoms with Crippen LogP contribution in [-0.2, 0) is 4.79 Å². The number of amides is 1. The molecule has 0 saturated carbocycles. The van der Waals surface area contributed by atoms with E-state index in [0.29, 0.717) is 21.4 Å². The van der Waals surface area contributed by atoms with Gasteiger partial charge < -0.3 is 10.1 Å². The zero-order chi connectivity index (χ0) is 17.7. The number of carbonyl (C=O) groups is 1. The van der Waals surface area contributed by atoms with E-state index in [1.54, 1.807) is 18.2 Å². The number of non-ortho nitro benzene ring substituents is 1. The Labute approximate surface area is 147 Å². The van der Waals surface area contributed by atoms with Crippen molar-refractivity contribution in [3.05, 3.63) is 68.2 Å². The average Bonchev–Trinajstić information content (AvgIpc) is 2.54. The van der Waals surface area contributed by atoms with Crippen LogP contribution in [0.1, 0.15) is 5.56 Å². The Hall–Kier alpha value is -2.57. The summed E-state index contributed by atoms with van der Waals surface area (Å²) in [6, 6.07) is 8.89. The number of nitro groups is 1. The minimum absolute atomic E-state index is 0.163. The summed E-state index contributed by atoms with van der Waals surface area (Å²) < 4.78 is 5.08. The van der Waals surface area contributed by atoms with Gasteiger partial charge in [0.25, 0.3) is 5.69 Å². The highest BCUT2D eigenvalue weighted by Gasteiger charge is 2.13. The maximum Gasteiger partial charge on any atom is 0.271 e. The zero-order valence-corrected chi connectivity index (χ0v) is 14.0. The van der Waals surface area contributed by atoms with Crippen molar-refractivity contribution in [3.63, 3.8) is 0 Å². The number of halogens is 2. The number of ether oxygens (including phenoxy) is 1. The molecule has 0 fully saturated rings. The highest BCUT2D eigenvalue weighted by Crippen LogP contribution is 2.29. The van der Waals surface area contributed by atoms with Crippen LogP contribution in [0, 0.1) is 10.1 Å². The van der Waals surface area contributed by atoms with Gasteiger partial charge in [-0.1, -0.05) is 29.3 Å². The molecule has 1 amide bonds. The molecule has 24 heavy (non-hydrogen) atoms. The number of anilines is 1. The first-order valence-corrected chi connectivity index (χ1v) is 7.43. The standard InChI is InChI=1S/C16H12Cl2N2O4/c1-24-15-7-5-10(20(22)23)9-14(15)19-16(21)8-6-11-12(17)3-2-4-13(11)18/h2-9H,1H3,(H,19,21)/b8-6-. The van der Waals surface area contributed by atoms with Gasteiger partial charge in [-0.05, 0) is 24.3 Å². The molecule has 0 radical (unpaired) electrons. The largest absolute Gasteiger partial charge is 0.495 e. The van der Waals surface area contributed by atoms with Crippen LogP contribution in [0.2, 0.25) is 10.0 Å². The molecule has 0 aliphatic heterocycles. The number of hydrogen-bond donors (Lipinski definition) is 1. The van der Waals surface area contributed by atoms with Crippen LogP contribution in [0.15, 0.2) is 42.5 Å². The summed E-state index contributed by atoms with van der Waals surface area (Å²) in [4.78, 5) is 22.3. The monoisotopic (exact) mass is 366 g/mol. The number of benzene rings is 2. The number of rotatable bonds is 5. The molecule has 0 aliphatic rings. The van der Waals surface area contributed by atoms with Gasteiger partial charge in [0.1, 0.15) is 5.75 Å². The molecule has 6 nitrogen and oxygen atoms in total. The predicted molar refractivity (Wildman–Crippen MR) is 93.8 cm³/mol. The lowest BCUT2D eigenvalue weighted by Crippen LogP contribution is -2.09. The quantitative estimate of drug-likeness (QED) is 0.477. The van der Waals surface area contributed by atoms with E-state index in [2.05, 4.69) is 5.32 Å². The number of carbonyl (C=O) groups excluding carboxylic acids is 1. The van der Waals surface area contributed by atoms with Crippen LogP contribution in [0.25, 0.3) is 6.08 Å². The Kier molecular flexibility index (Phi) is 5.78. The SMILES string of the molecule is COc1ccc([N+](=O)[O-])cc1NC(=O)/C=C\c1c(Cl)cccc1Cl. The molecular weight excluding hydrogens is 355 g/mol. The molecule has 0 aromatic heterocycles. The summed E-state index contributed by atoms with van der Waals surface area (Å²) >= 11 is 12.0. The van der Waals surface area contributed by atoms with Crippen LogP contribution in [-0.4, -0.2) is 17.9 Å². The molecule has 0 saturated heterocycles. The number of nitrogens with zero attached hydrogens (tertiary/aromatic N) is 1. The first-order chi connectivity index (χ1) is 11.4. The van der Waals surface area contributed by atoms with Crippen LogP contribution >= 0.6 is 23.2 Å². The second-order valence-electron chi connectivity index (χ2n) is 4.60. The van der Waals surface area contributed by atoms with Gasteiger partial charge >= 0.3 is 0 Å². The van der Waals surface area contributed by atoms with Crippen LogP contribution < -0.4 is 10.1 Å². The summed E-state index contributed by atoms with van der Waals surface area (Å²) in [5.41, 5.74) is 0.526. The van der Waals surface area contributed by atoms with E-state index >= 15 is 0 Å². The van der Waals surface area contributed by atoms with Gasteiger partial charge in [-0.3, -0.25) is 14.9 Å². The molecule has 1 N–H and O–H groups in total. The molecule has 124 valence electrons. The van der Waals surface area contributed by atoms with Crippen molar-refractivity contribution >= 4 is 46.6 Å². The van der Waals surface area contributed by atoms with Crippen molar-refractivity contribution in [3.8, 4) is 5.75 Å². The van der Waals surface area contributed by atoms with Crippen molar-refractivity contribution in [1.82, 2.24) is 0 Å². The first-order valence-electron chi connectivity index (χ1n) is 6.68. The number of nitro benzene ring substituents is 1. The molecule has 0 bridgehead atoms. The van der Waals surface area contributed by atoms with E-state index < -0.39 is 10.8 Å². The first kappa shape index (κ1) is 17.8. The molecule has 2 rings (SSSR count). The van der Waals surface area contributed by atoms with Crippen molar-refractivity contribution < 1.29 is 14.5 Å². The van der Waals surface area contributed by atoms with Crippen LogP contribution in [0.5, 0.6) is 5.75 Å². The fourth-order valence-electron chi connectivity index (χ4n) is 1.91. The molecule has 0 spiro atoms. The normalized spacial score (nSPS) is 10.6.